The summed E-state index contributed by atoms with van der Waals surface area (Å²) in [6.07, 6.45) is 2.08. The molecule has 0 amide bonds. The molecule has 2 aromatic carbocycles. The number of hydrogen-bond acceptors (Lipinski definition) is 1. The fourth-order valence-electron chi connectivity index (χ4n) is 2.64. The van der Waals surface area contributed by atoms with Crippen LogP contribution in [0.3, 0.4) is 0 Å². The Kier molecular flexibility index (Phi) is 5.37. The van der Waals surface area contributed by atoms with E-state index in [1.807, 2.05) is 6.92 Å². The molecule has 0 saturated carbocycles. The highest BCUT2D eigenvalue weighted by Crippen LogP contribution is 2.24. The molecular weight excluding hydrogens is 272 g/mol. The Morgan fingerprint density at radius 3 is 2.45 bits per heavy atom. The van der Waals surface area contributed by atoms with Crippen LogP contribution in [0.5, 0.6) is 0 Å². The summed E-state index contributed by atoms with van der Waals surface area (Å²) in [4.78, 5) is 10.7. The molecule has 116 valence electrons. The van der Waals surface area contributed by atoms with Gasteiger partial charge in [-0.3, -0.25) is 4.79 Å². The second-order valence-electron chi connectivity index (χ2n) is 6.24. The van der Waals surface area contributed by atoms with Crippen LogP contribution in [0.1, 0.15) is 36.5 Å². The smallest absolute Gasteiger partial charge is 0.303 e. The molecule has 0 spiro atoms. The van der Waals surface area contributed by atoms with Gasteiger partial charge in [0.15, 0.2) is 0 Å². The first-order valence-corrected chi connectivity index (χ1v) is 7.84. The predicted octanol–water partition coefficient (Wildman–Crippen LogP) is 5.01. The predicted molar refractivity (Wildman–Crippen MR) is 91.1 cm³/mol. The van der Waals surface area contributed by atoms with Gasteiger partial charge >= 0.3 is 5.97 Å². The van der Waals surface area contributed by atoms with Crippen molar-refractivity contribution in [1.29, 1.82) is 0 Å². The molecule has 0 aliphatic heterocycles. The average Bonchev–Trinajstić information content (AvgIpc) is 2.47. The maximum Gasteiger partial charge on any atom is 0.303 e. The number of benzene rings is 2. The summed E-state index contributed by atoms with van der Waals surface area (Å²) < 4.78 is 0. The van der Waals surface area contributed by atoms with Crippen molar-refractivity contribution >= 4 is 5.97 Å². The minimum Gasteiger partial charge on any atom is -0.481 e. The Hall–Kier alpha value is -2.09. The van der Waals surface area contributed by atoms with Gasteiger partial charge in [0.2, 0.25) is 0 Å². The lowest BCUT2D eigenvalue weighted by molar-refractivity contribution is -0.138. The number of aryl methyl sites for hydroxylation is 3. The molecule has 2 heteroatoms. The lowest BCUT2D eigenvalue weighted by Gasteiger charge is -2.10. The Morgan fingerprint density at radius 1 is 1.05 bits per heavy atom. The minimum atomic E-state index is -0.712. The first-order valence-electron chi connectivity index (χ1n) is 7.84. The molecule has 2 aromatic rings. The van der Waals surface area contributed by atoms with Gasteiger partial charge in [-0.2, -0.15) is 0 Å². The monoisotopic (exact) mass is 296 g/mol. The summed E-state index contributed by atoms with van der Waals surface area (Å²) in [7, 11) is 0. The summed E-state index contributed by atoms with van der Waals surface area (Å²) in [6.45, 7) is 6.26. The molecule has 1 atom stereocenters. The van der Waals surface area contributed by atoms with Gasteiger partial charge in [-0.1, -0.05) is 49.4 Å². The topological polar surface area (TPSA) is 37.3 Å². The van der Waals surface area contributed by atoms with Gasteiger partial charge < -0.3 is 5.11 Å². The molecule has 0 saturated heterocycles. The van der Waals surface area contributed by atoms with Gasteiger partial charge in [-0.25, -0.2) is 0 Å². The first kappa shape index (κ1) is 16.3. The second kappa shape index (κ2) is 7.26. The molecule has 2 nitrogen and oxygen atoms in total. The van der Waals surface area contributed by atoms with Crippen molar-refractivity contribution in [2.75, 3.05) is 0 Å². The van der Waals surface area contributed by atoms with Crippen molar-refractivity contribution in [3.8, 4) is 11.1 Å². The Morgan fingerprint density at radius 2 is 1.77 bits per heavy atom. The van der Waals surface area contributed by atoms with E-state index >= 15 is 0 Å². The highest BCUT2D eigenvalue weighted by Gasteiger charge is 2.08. The Labute approximate surface area is 132 Å². The molecule has 0 fully saturated rings. The van der Waals surface area contributed by atoms with E-state index in [4.69, 9.17) is 5.11 Å². The number of rotatable bonds is 6. The van der Waals surface area contributed by atoms with E-state index in [1.165, 1.54) is 27.8 Å². The summed E-state index contributed by atoms with van der Waals surface area (Å²) in [6, 6.07) is 15.1. The van der Waals surface area contributed by atoms with Crippen molar-refractivity contribution in [2.24, 2.45) is 5.92 Å². The van der Waals surface area contributed by atoms with E-state index < -0.39 is 5.97 Å². The van der Waals surface area contributed by atoms with Crippen LogP contribution in [0.15, 0.2) is 42.5 Å². The maximum atomic E-state index is 10.7. The summed E-state index contributed by atoms with van der Waals surface area (Å²) in [5.41, 5.74) is 6.35. The number of carbonyl (C=O) groups is 1. The van der Waals surface area contributed by atoms with E-state index in [-0.39, 0.29) is 12.3 Å². The van der Waals surface area contributed by atoms with Gasteiger partial charge in [0.25, 0.3) is 0 Å². The van der Waals surface area contributed by atoms with Gasteiger partial charge in [0.1, 0.15) is 0 Å². The van der Waals surface area contributed by atoms with Gasteiger partial charge in [0.05, 0.1) is 0 Å². The molecule has 0 aliphatic carbocycles. The van der Waals surface area contributed by atoms with Crippen LogP contribution in [0.4, 0.5) is 0 Å². The van der Waals surface area contributed by atoms with E-state index in [0.717, 1.165) is 12.8 Å². The van der Waals surface area contributed by atoms with E-state index in [0.29, 0.717) is 0 Å². The van der Waals surface area contributed by atoms with E-state index in [2.05, 4.69) is 56.3 Å². The zero-order valence-electron chi connectivity index (χ0n) is 13.6. The van der Waals surface area contributed by atoms with Crippen molar-refractivity contribution < 1.29 is 9.90 Å². The first-order chi connectivity index (χ1) is 10.5. The maximum absolute atomic E-state index is 10.7. The Bertz CT molecular complexity index is 659. The molecule has 1 unspecified atom stereocenters. The summed E-state index contributed by atoms with van der Waals surface area (Å²) in [5, 5.41) is 8.82. The average molecular weight is 296 g/mol. The third-order valence-electron chi connectivity index (χ3n) is 4.22. The van der Waals surface area contributed by atoms with Gasteiger partial charge in [-0.05, 0) is 60.4 Å². The Balaban J connectivity index is 2.09. The normalized spacial score (nSPS) is 12.1. The number of carboxylic acids is 1. The molecule has 0 aromatic heterocycles. The number of hydrogen-bond donors (Lipinski definition) is 1. The fraction of sp³-hybridized carbons (Fsp3) is 0.350. The van der Waals surface area contributed by atoms with Gasteiger partial charge in [-0.15, -0.1) is 0 Å². The van der Waals surface area contributed by atoms with Crippen LogP contribution in [0.25, 0.3) is 11.1 Å². The summed E-state index contributed by atoms with van der Waals surface area (Å²) >= 11 is 0. The van der Waals surface area contributed by atoms with Gasteiger partial charge in [0, 0.05) is 6.42 Å². The quantitative estimate of drug-likeness (QED) is 0.813. The van der Waals surface area contributed by atoms with Crippen LogP contribution < -0.4 is 0 Å². The lowest BCUT2D eigenvalue weighted by Crippen LogP contribution is -2.05. The molecule has 22 heavy (non-hydrogen) atoms. The van der Waals surface area contributed by atoms with Crippen molar-refractivity contribution in [1.82, 2.24) is 0 Å². The zero-order valence-corrected chi connectivity index (χ0v) is 13.6. The van der Waals surface area contributed by atoms with Crippen molar-refractivity contribution in [3.05, 3.63) is 59.2 Å². The second-order valence-corrected chi connectivity index (χ2v) is 6.24. The number of carboxylic acid groups (broad SMARTS) is 1. The zero-order chi connectivity index (χ0) is 16.1. The minimum absolute atomic E-state index is 0.211. The van der Waals surface area contributed by atoms with E-state index in [9.17, 15) is 4.79 Å². The molecule has 0 aliphatic rings. The molecule has 0 bridgehead atoms. The van der Waals surface area contributed by atoms with Crippen LogP contribution in [0, 0.1) is 19.8 Å². The largest absolute Gasteiger partial charge is 0.481 e. The highest BCUT2D eigenvalue weighted by molar-refractivity contribution is 5.67. The van der Waals surface area contributed by atoms with Crippen molar-refractivity contribution in [2.45, 2.75) is 40.0 Å². The van der Waals surface area contributed by atoms with E-state index in [1.54, 1.807) is 0 Å². The highest BCUT2D eigenvalue weighted by atomic mass is 16.4. The van der Waals surface area contributed by atoms with Crippen LogP contribution in [-0.4, -0.2) is 11.1 Å². The molecule has 2 rings (SSSR count). The van der Waals surface area contributed by atoms with Crippen LogP contribution in [-0.2, 0) is 11.2 Å². The van der Waals surface area contributed by atoms with Crippen LogP contribution in [0.2, 0.25) is 0 Å². The SMILES string of the molecule is Cc1ccc(-c2cccc(CCC(C)CC(=O)O)c2)cc1C. The number of aliphatic carboxylic acids is 1. The molecular formula is C20H24O2. The standard InChI is InChI=1S/C20H24O2/c1-14(11-20(21)22)7-9-17-5-4-6-18(13-17)19-10-8-15(2)16(3)12-19/h4-6,8,10,12-14H,7,9,11H2,1-3H3,(H,21,22). The molecule has 0 heterocycles. The third kappa shape index (κ3) is 4.45. The van der Waals surface area contributed by atoms with Crippen molar-refractivity contribution in [3.63, 3.8) is 0 Å². The summed E-state index contributed by atoms with van der Waals surface area (Å²) in [5.74, 6) is -0.501. The lowest BCUT2D eigenvalue weighted by atomic mass is 9.95. The third-order valence-corrected chi connectivity index (χ3v) is 4.22. The molecule has 0 radical (unpaired) electrons. The molecule has 1 N–H and O–H groups in total. The van der Waals surface area contributed by atoms with Crippen LogP contribution >= 0.6 is 0 Å². The fourth-order valence-corrected chi connectivity index (χ4v) is 2.64.